The number of hydrogen-bond acceptors (Lipinski definition) is 0. The van der Waals surface area contributed by atoms with Crippen LogP contribution in [0.2, 0.25) is 0 Å². The normalized spacial score (nSPS) is 11.3. The molecule has 0 aliphatic carbocycles. The molecule has 5 aromatic carbocycles. The van der Waals surface area contributed by atoms with Crippen LogP contribution >= 0.6 is 0 Å². The van der Waals surface area contributed by atoms with Crippen LogP contribution in [-0.4, -0.2) is 4.57 Å². The van der Waals surface area contributed by atoms with E-state index in [9.17, 15) is 0 Å². The Hall–Kier alpha value is -4.10. The zero-order chi connectivity index (χ0) is 22.4. The van der Waals surface area contributed by atoms with E-state index in [1.807, 2.05) is 0 Å². The lowest BCUT2D eigenvalue weighted by atomic mass is 9.95. The van der Waals surface area contributed by atoms with Crippen molar-refractivity contribution < 1.29 is 0 Å². The number of aromatic nitrogens is 1. The Kier molecular flexibility index (Phi) is 4.62. The van der Waals surface area contributed by atoms with Crippen molar-refractivity contribution in [1.82, 2.24) is 4.57 Å². The van der Waals surface area contributed by atoms with Gasteiger partial charge in [-0.15, -0.1) is 0 Å². The Balaban J connectivity index is 1.81. The minimum absolute atomic E-state index is 1.22. The maximum atomic E-state index is 2.47. The van der Waals surface area contributed by atoms with Crippen LogP contribution in [0.5, 0.6) is 0 Å². The fourth-order valence-corrected chi connectivity index (χ4v) is 4.98. The molecule has 0 N–H and O–H groups in total. The highest BCUT2D eigenvalue weighted by molar-refractivity contribution is 6.11. The minimum Gasteiger partial charge on any atom is -0.308 e. The van der Waals surface area contributed by atoms with Crippen molar-refractivity contribution >= 4 is 21.8 Å². The van der Waals surface area contributed by atoms with Crippen molar-refractivity contribution in [2.75, 3.05) is 0 Å². The molecule has 0 bridgehead atoms. The fourth-order valence-electron chi connectivity index (χ4n) is 4.98. The first kappa shape index (κ1) is 19.6. The molecule has 6 aromatic rings. The molecule has 0 atom stereocenters. The minimum atomic E-state index is 1.22. The molecule has 1 nitrogen and oxygen atoms in total. The van der Waals surface area contributed by atoms with E-state index in [0.29, 0.717) is 0 Å². The van der Waals surface area contributed by atoms with Crippen LogP contribution in [-0.2, 0) is 0 Å². The van der Waals surface area contributed by atoms with E-state index >= 15 is 0 Å². The molecule has 0 saturated carbocycles. The fraction of sp³-hybridized carbons (Fsp3) is 0.0625. The van der Waals surface area contributed by atoms with Crippen LogP contribution in [0.3, 0.4) is 0 Å². The van der Waals surface area contributed by atoms with Crippen molar-refractivity contribution in [2.24, 2.45) is 0 Å². The Bertz CT molecular complexity index is 1490. The molecule has 0 aliphatic heterocycles. The van der Waals surface area contributed by atoms with E-state index < -0.39 is 0 Å². The predicted octanol–water partition coefficient (Wildman–Crippen LogP) is 8.73. The number of fused-ring (bicyclic) bond motifs is 3. The van der Waals surface area contributed by atoms with Crippen molar-refractivity contribution in [1.29, 1.82) is 0 Å². The Morgan fingerprint density at radius 2 is 0.909 bits per heavy atom. The summed E-state index contributed by atoms with van der Waals surface area (Å²) in [7, 11) is 0. The van der Waals surface area contributed by atoms with Gasteiger partial charge >= 0.3 is 0 Å². The number of hydrogen-bond donors (Lipinski definition) is 0. The Morgan fingerprint density at radius 1 is 0.455 bits per heavy atom. The lowest BCUT2D eigenvalue weighted by Crippen LogP contribution is -2.00. The second-order valence-electron chi connectivity index (χ2n) is 8.81. The van der Waals surface area contributed by atoms with Crippen LogP contribution in [0.25, 0.3) is 49.7 Å². The molecular weight excluding hydrogens is 398 g/mol. The molecule has 1 heterocycles. The first-order valence-corrected chi connectivity index (χ1v) is 11.5. The first-order chi connectivity index (χ1) is 16.2. The predicted molar refractivity (Wildman–Crippen MR) is 141 cm³/mol. The summed E-state index contributed by atoms with van der Waals surface area (Å²) in [5.41, 5.74) is 11.2. The Morgan fingerprint density at radius 3 is 1.36 bits per heavy atom. The van der Waals surface area contributed by atoms with Gasteiger partial charge in [-0.1, -0.05) is 102 Å². The molecule has 0 fully saturated rings. The molecule has 0 unspecified atom stereocenters. The smallest absolute Gasteiger partial charge is 0.0618 e. The zero-order valence-electron chi connectivity index (χ0n) is 18.9. The van der Waals surface area contributed by atoms with Crippen LogP contribution < -0.4 is 0 Å². The SMILES string of the molecule is Cc1ccc2c(c1)c1cc(C)ccc1n2-c1c(-c2ccccc2)cccc1-c1ccccc1. The monoisotopic (exact) mass is 423 g/mol. The topological polar surface area (TPSA) is 4.93 Å². The summed E-state index contributed by atoms with van der Waals surface area (Å²) in [4.78, 5) is 0. The lowest BCUT2D eigenvalue weighted by Gasteiger charge is -2.19. The van der Waals surface area contributed by atoms with E-state index in [4.69, 9.17) is 0 Å². The summed E-state index contributed by atoms with van der Waals surface area (Å²) in [5.74, 6) is 0. The number of para-hydroxylation sites is 1. The van der Waals surface area contributed by atoms with Gasteiger partial charge in [-0.2, -0.15) is 0 Å². The second kappa shape index (κ2) is 7.79. The second-order valence-corrected chi connectivity index (χ2v) is 8.81. The van der Waals surface area contributed by atoms with Gasteiger partial charge in [0.2, 0.25) is 0 Å². The summed E-state index contributed by atoms with van der Waals surface area (Å²) in [6, 6.07) is 41.7. The average Bonchev–Trinajstić information content (AvgIpc) is 3.17. The summed E-state index contributed by atoms with van der Waals surface area (Å²) in [6.45, 7) is 4.34. The lowest BCUT2D eigenvalue weighted by molar-refractivity contribution is 1.18. The molecule has 0 saturated heterocycles. The summed E-state index contributed by atoms with van der Waals surface area (Å²) >= 11 is 0. The average molecular weight is 424 g/mol. The van der Waals surface area contributed by atoms with Crippen LogP contribution in [0.4, 0.5) is 0 Å². The molecular formula is C32H25N. The maximum absolute atomic E-state index is 2.47. The van der Waals surface area contributed by atoms with Gasteiger partial charge in [-0.3, -0.25) is 0 Å². The number of benzene rings is 5. The quantitative estimate of drug-likeness (QED) is 0.268. The number of aryl methyl sites for hydroxylation is 2. The van der Waals surface area contributed by atoms with Gasteiger partial charge in [0.05, 0.1) is 16.7 Å². The van der Waals surface area contributed by atoms with Gasteiger partial charge < -0.3 is 4.57 Å². The van der Waals surface area contributed by atoms with E-state index in [-0.39, 0.29) is 0 Å². The van der Waals surface area contributed by atoms with Gasteiger partial charge in [0.15, 0.2) is 0 Å². The van der Waals surface area contributed by atoms with Crippen molar-refractivity contribution in [3.8, 4) is 27.9 Å². The molecule has 33 heavy (non-hydrogen) atoms. The maximum Gasteiger partial charge on any atom is 0.0618 e. The third-order valence-corrected chi connectivity index (χ3v) is 6.51. The van der Waals surface area contributed by atoms with Crippen molar-refractivity contribution in [3.05, 3.63) is 126 Å². The molecule has 0 spiro atoms. The summed E-state index contributed by atoms with van der Waals surface area (Å²) < 4.78 is 2.47. The van der Waals surface area contributed by atoms with Gasteiger partial charge in [0.25, 0.3) is 0 Å². The van der Waals surface area contributed by atoms with Crippen molar-refractivity contribution in [2.45, 2.75) is 13.8 Å². The molecule has 158 valence electrons. The molecule has 0 amide bonds. The Labute approximate surface area is 194 Å². The summed E-state index contributed by atoms with van der Waals surface area (Å²) in [6.07, 6.45) is 0. The highest BCUT2D eigenvalue weighted by atomic mass is 15.0. The van der Waals surface area contributed by atoms with E-state index in [2.05, 4.69) is 134 Å². The van der Waals surface area contributed by atoms with E-state index in [1.54, 1.807) is 0 Å². The van der Waals surface area contributed by atoms with E-state index in [0.717, 1.165) is 0 Å². The standard InChI is InChI=1S/C32H25N/c1-22-16-18-30-28(20-22)29-21-23(2)17-19-31(29)33(30)32-26(24-10-5-3-6-11-24)14-9-15-27(32)25-12-7-4-8-13-25/h3-21H,1-2H3. The highest BCUT2D eigenvalue weighted by Gasteiger charge is 2.19. The largest absolute Gasteiger partial charge is 0.308 e. The molecule has 0 radical (unpaired) electrons. The first-order valence-electron chi connectivity index (χ1n) is 11.5. The number of nitrogens with zero attached hydrogens (tertiary/aromatic N) is 1. The van der Waals surface area contributed by atoms with Crippen LogP contribution in [0.1, 0.15) is 11.1 Å². The zero-order valence-corrected chi connectivity index (χ0v) is 18.9. The van der Waals surface area contributed by atoms with Gasteiger partial charge in [-0.25, -0.2) is 0 Å². The van der Waals surface area contributed by atoms with Gasteiger partial charge in [-0.05, 0) is 49.2 Å². The molecule has 6 rings (SSSR count). The molecule has 1 heteroatoms. The van der Waals surface area contributed by atoms with Crippen LogP contribution in [0, 0.1) is 13.8 Å². The highest BCUT2D eigenvalue weighted by Crippen LogP contribution is 2.41. The van der Waals surface area contributed by atoms with Crippen LogP contribution in [0.15, 0.2) is 115 Å². The molecule has 1 aromatic heterocycles. The number of rotatable bonds is 3. The third kappa shape index (κ3) is 3.25. The van der Waals surface area contributed by atoms with Gasteiger partial charge in [0.1, 0.15) is 0 Å². The van der Waals surface area contributed by atoms with Crippen molar-refractivity contribution in [3.63, 3.8) is 0 Å². The van der Waals surface area contributed by atoms with E-state index in [1.165, 1.54) is 60.9 Å². The van der Waals surface area contributed by atoms with Gasteiger partial charge in [0, 0.05) is 21.9 Å². The summed E-state index contributed by atoms with van der Waals surface area (Å²) in [5, 5.41) is 2.60. The molecule has 0 aliphatic rings. The third-order valence-electron chi connectivity index (χ3n) is 6.51.